The number of benzene rings is 2. The molecule has 0 saturated carbocycles. The van der Waals surface area contributed by atoms with Crippen LogP contribution in [0.1, 0.15) is 38.4 Å². The van der Waals surface area contributed by atoms with Crippen LogP contribution in [0.25, 0.3) is 11.0 Å². The largest absolute Gasteiger partial charge is 0.494 e. The maximum absolute atomic E-state index is 13.5. The number of fused-ring (bicyclic) bond motifs is 1. The number of carbonyl (C=O) groups is 3. The number of rotatable bonds is 6. The number of hydrogen-bond acceptors (Lipinski definition) is 6. The molecule has 1 saturated heterocycles. The molecule has 0 bridgehead atoms. The molecule has 1 N–H and O–H groups in total. The molecule has 184 valence electrons. The Morgan fingerprint density at radius 3 is 2.25 bits per heavy atom. The van der Waals surface area contributed by atoms with Crippen molar-refractivity contribution < 1.29 is 28.0 Å². The normalized spacial score (nSPS) is 13.6. The quantitative estimate of drug-likeness (QED) is 0.435. The van der Waals surface area contributed by atoms with Crippen molar-refractivity contribution in [2.75, 3.05) is 38.1 Å². The van der Waals surface area contributed by atoms with E-state index in [1.807, 2.05) is 13.0 Å². The number of amides is 3. The predicted molar refractivity (Wildman–Crippen MR) is 132 cm³/mol. The Labute approximate surface area is 207 Å². The third-order valence-corrected chi connectivity index (χ3v) is 6.04. The fourth-order valence-corrected chi connectivity index (χ4v) is 4.19. The summed E-state index contributed by atoms with van der Waals surface area (Å²) in [5.74, 6) is 0.0703. The van der Waals surface area contributed by atoms with Crippen LogP contribution in [0.4, 0.5) is 5.69 Å². The summed E-state index contributed by atoms with van der Waals surface area (Å²) in [6, 6.07) is 17.2. The van der Waals surface area contributed by atoms with Gasteiger partial charge >= 0.3 is 0 Å². The lowest BCUT2D eigenvalue weighted by molar-refractivity contribution is 0.0504. The molecule has 0 atom stereocenters. The van der Waals surface area contributed by atoms with Crippen LogP contribution in [-0.4, -0.2) is 60.3 Å². The molecule has 3 heterocycles. The van der Waals surface area contributed by atoms with E-state index >= 15 is 0 Å². The van der Waals surface area contributed by atoms with Gasteiger partial charge in [0.25, 0.3) is 17.7 Å². The molecule has 9 heteroatoms. The number of carbonyl (C=O) groups excluding carboxylic acids is 3. The van der Waals surface area contributed by atoms with Crippen molar-refractivity contribution in [2.24, 2.45) is 0 Å². The molecule has 9 nitrogen and oxygen atoms in total. The Kier molecular flexibility index (Phi) is 6.44. The minimum absolute atomic E-state index is 0.0568. The van der Waals surface area contributed by atoms with Crippen molar-refractivity contribution in [2.45, 2.75) is 6.92 Å². The molecule has 5 rings (SSSR count). The summed E-state index contributed by atoms with van der Waals surface area (Å²) in [5, 5.41) is 3.50. The highest BCUT2D eigenvalue weighted by atomic mass is 16.5. The number of para-hydroxylation sites is 1. The van der Waals surface area contributed by atoms with E-state index in [0.717, 1.165) is 0 Å². The maximum atomic E-state index is 13.5. The molecule has 1 aliphatic rings. The third-order valence-electron chi connectivity index (χ3n) is 6.04. The number of piperazine rings is 1. The van der Waals surface area contributed by atoms with Crippen molar-refractivity contribution in [1.82, 2.24) is 9.80 Å². The number of anilines is 1. The van der Waals surface area contributed by atoms with Crippen molar-refractivity contribution in [3.63, 3.8) is 0 Å². The first kappa shape index (κ1) is 23.2. The monoisotopic (exact) mass is 487 g/mol. The van der Waals surface area contributed by atoms with E-state index in [1.165, 1.54) is 6.26 Å². The molecule has 36 heavy (non-hydrogen) atoms. The summed E-state index contributed by atoms with van der Waals surface area (Å²) >= 11 is 0. The number of furan rings is 2. The topological polar surface area (TPSA) is 105 Å². The average Bonchev–Trinajstić information content (AvgIpc) is 3.58. The van der Waals surface area contributed by atoms with Crippen LogP contribution in [0.15, 0.2) is 75.8 Å². The predicted octanol–water partition coefficient (Wildman–Crippen LogP) is 4.28. The Hall–Kier alpha value is -4.53. The van der Waals surface area contributed by atoms with Gasteiger partial charge in [0.15, 0.2) is 5.76 Å². The lowest BCUT2D eigenvalue weighted by Gasteiger charge is -2.34. The van der Waals surface area contributed by atoms with E-state index in [4.69, 9.17) is 13.6 Å². The van der Waals surface area contributed by atoms with Crippen LogP contribution in [0.2, 0.25) is 0 Å². The number of nitrogens with zero attached hydrogens (tertiary/aromatic N) is 2. The van der Waals surface area contributed by atoms with E-state index in [-0.39, 0.29) is 29.2 Å². The van der Waals surface area contributed by atoms with Crippen molar-refractivity contribution >= 4 is 34.4 Å². The first-order valence-corrected chi connectivity index (χ1v) is 11.7. The summed E-state index contributed by atoms with van der Waals surface area (Å²) in [7, 11) is 0. The maximum Gasteiger partial charge on any atom is 0.291 e. The van der Waals surface area contributed by atoms with E-state index < -0.39 is 0 Å². The lowest BCUT2D eigenvalue weighted by Crippen LogP contribution is -2.50. The van der Waals surface area contributed by atoms with Crippen molar-refractivity contribution in [3.05, 3.63) is 84.0 Å². The molecule has 1 aliphatic heterocycles. The zero-order valence-electron chi connectivity index (χ0n) is 19.7. The molecule has 2 aromatic heterocycles. The fraction of sp³-hybridized carbons (Fsp3) is 0.222. The van der Waals surface area contributed by atoms with Crippen molar-refractivity contribution in [3.8, 4) is 5.75 Å². The highest BCUT2D eigenvalue weighted by Crippen LogP contribution is 2.32. The second kappa shape index (κ2) is 9.99. The summed E-state index contributed by atoms with van der Waals surface area (Å²) < 4.78 is 16.6. The molecule has 3 amide bonds. The zero-order chi connectivity index (χ0) is 25.1. The second-order valence-corrected chi connectivity index (χ2v) is 8.28. The first-order chi connectivity index (χ1) is 17.5. The molecule has 1 fully saturated rings. The van der Waals surface area contributed by atoms with Gasteiger partial charge in [0.05, 0.1) is 12.9 Å². The van der Waals surface area contributed by atoms with Gasteiger partial charge in [-0.15, -0.1) is 0 Å². The SMILES string of the molecule is CCOc1ccc(C(=O)Nc2c(C(=O)N3CCN(C(=O)c4ccco4)CC3)oc3ccccc23)cc1. The van der Waals surface area contributed by atoms with E-state index in [9.17, 15) is 14.4 Å². The number of nitrogens with one attached hydrogen (secondary N) is 1. The molecule has 4 aromatic rings. The standard InChI is InChI=1S/C27H25N3O6/c1-2-34-19-11-9-18(10-12-19)25(31)28-23-20-6-3-4-7-21(20)36-24(23)27(33)30-15-13-29(14-16-30)26(32)22-8-5-17-35-22/h3-12,17H,2,13-16H2,1H3,(H,28,31). The van der Waals surface area contributed by atoms with Crippen LogP contribution >= 0.6 is 0 Å². The van der Waals surface area contributed by atoms with E-state index in [1.54, 1.807) is 64.4 Å². The summed E-state index contributed by atoms with van der Waals surface area (Å²) in [6.07, 6.45) is 1.46. The molecule has 0 radical (unpaired) electrons. The number of ether oxygens (including phenoxy) is 1. The molecular formula is C27H25N3O6. The Morgan fingerprint density at radius 1 is 0.889 bits per heavy atom. The minimum Gasteiger partial charge on any atom is -0.494 e. The van der Waals surface area contributed by atoms with Gasteiger partial charge < -0.3 is 28.7 Å². The van der Waals surface area contributed by atoms with Gasteiger partial charge in [0.2, 0.25) is 5.76 Å². The zero-order valence-corrected chi connectivity index (χ0v) is 19.7. The van der Waals surface area contributed by atoms with Gasteiger partial charge in [-0.1, -0.05) is 12.1 Å². The molecular weight excluding hydrogens is 462 g/mol. The summed E-state index contributed by atoms with van der Waals surface area (Å²) in [6.45, 7) is 3.80. The highest BCUT2D eigenvalue weighted by Gasteiger charge is 2.31. The highest BCUT2D eigenvalue weighted by molar-refractivity contribution is 6.14. The van der Waals surface area contributed by atoms with Crippen LogP contribution < -0.4 is 10.1 Å². The van der Waals surface area contributed by atoms with Gasteiger partial charge in [-0.2, -0.15) is 0 Å². The van der Waals surface area contributed by atoms with Crippen LogP contribution in [0, 0.1) is 0 Å². The van der Waals surface area contributed by atoms with E-state index in [0.29, 0.717) is 60.8 Å². The first-order valence-electron chi connectivity index (χ1n) is 11.7. The lowest BCUT2D eigenvalue weighted by atomic mass is 10.1. The minimum atomic E-state index is -0.368. The van der Waals surface area contributed by atoms with Gasteiger partial charge in [-0.25, -0.2) is 0 Å². The van der Waals surface area contributed by atoms with Gasteiger partial charge in [0, 0.05) is 37.1 Å². The van der Waals surface area contributed by atoms with Crippen LogP contribution in [-0.2, 0) is 0 Å². The molecule has 0 unspecified atom stereocenters. The number of hydrogen-bond donors (Lipinski definition) is 1. The van der Waals surface area contributed by atoms with E-state index in [2.05, 4.69) is 5.32 Å². The third kappa shape index (κ3) is 4.55. The van der Waals surface area contributed by atoms with Gasteiger partial charge in [-0.3, -0.25) is 14.4 Å². The Balaban J connectivity index is 1.35. The van der Waals surface area contributed by atoms with Gasteiger partial charge in [-0.05, 0) is 55.5 Å². The fourth-order valence-electron chi connectivity index (χ4n) is 4.19. The Bertz CT molecular complexity index is 1380. The van der Waals surface area contributed by atoms with Crippen LogP contribution in [0.5, 0.6) is 5.75 Å². The summed E-state index contributed by atoms with van der Waals surface area (Å²) in [5.41, 5.74) is 1.24. The summed E-state index contributed by atoms with van der Waals surface area (Å²) in [4.78, 5) is 42.3. The van der Waals surface area contributed by atoms with Crippen molar-refractivity contribution in [1.29, 1.82) is 0 Å². The van der Waals surface area contributed by atoms with Crippen LogP contribution in [0.3, 0.4) is 0 Å². The molecule has 0 spiro atoms. The second-order valence-electron chi connectivity index (χ2n) is 8.28. The van der Waals surface area contributed by atoms with Gasteiger partial charge in [0.1, 0.15) is 17.0 Å². The molecule has 0 aliphatic carbocycles. The molecule has 2 aromatic carbocycles. The average molecular weight is 488 g/mol. The smallest absolute Gasteiger partial charge is 0.291 e. The Morgan fingerprint density at radius 2 is 1.58 bits per heavy atom.